The number of benzene rings is 2. The molecule has 4 heterocycles. The van der Waals surface area contributed by atoms with Crippen LogP contribution in [0.2, 0.25) is 5.02 Å². The van der Waals surface area contributed by atoms with Gasteiger partial charge in [0.25, 0.3) is 0 Å². The topological polar surface area (TPSA) is 104 Å². The van der Waals surface area contributed by atoms with Crippen LogP contribution in [0.4, 0.5) is 20.1 Å². The molecule has 4 aromatic rings. The molecule has 9 nitrogen and oxygen atoms in total. The van der Waals surface area contributed by atoms with E-state index in [1.54, 1.807) is 33.0 Å². The van der Waals surface area contributed by atoms with Crippen LogP contribution in [0.5, 0.6) is 0 Å². The fourth-order valence-electron chi connectivity index (χ4n) is 5.65. The van der Waals surface area contributed by atoms with Gasteiger partial charge in [0, 0.05) is 41.7 Å². The third-order valence-corrected chi connectivity index (χ3v) is 9.13. The van der Waals surface area contributed by atoms with Crippen molar-refractivity contribution in [3.8, 4) is 17.2 Å². The minimum atomic E-state index is -0.744. The number of likely N-dealkylation sites (N-methyl/N-ethyl adjacent to an activating group) is 1. The number of hydrogen-bond acceptors (Lipinski definition) is 9. The molecule has 1 saturated heterocycles. The second-order valence-corrected chi connectivity index (χ2v) is 13.2. The maximum atomic E-state index is 15.2. The normalized spacial score (nSPS) is 16.8. The molecule has 0 spiro atoms. The van der Waals surface area contributed by atoms with E-state index >= 15 is 4.39 Å². The molecular weight excluding hydrogens is 579 g/mol. The lowest BCUT2D eigenvalue weighted by molar-refractivity contribution is 0.0636. The van der Waals surface area contributed by atoms with Gasteiger partial charge in [0.1, 0.15) is 22.5 Å². The predicted molar refractivity (Wildman–Crippen MR) is 163 cm³/mol. The van der Waals surface area contributed by atoms with Crippen molar-refractivity contribution in [1.82, 2.24) is 14.9 Å². The summed E-state index contributed by atoms with van der Waals surface area (Å²) in [5.41, 5.74) is 2.94. The zero-order valence-electron chi connectivity index (χ0n) is 24.0. The number of ether oxygens (including phenoxy) is 2. The van der Waals surface area contributed by atoms with Crippen LogP contribution in [0.25, 0.3) is 32.1 Å². The Hall–Kier alpha value is -3.56. The number of nitrogens with one attached hydrogen (secondary N) is 1. The van der Waals surface area contributed by atoms with E-state index in [0.717, 1.165) is 47.4 Å². The summed E-state index contributed by atoms with van der Waals surface area (Å²) in [5.74, 6) is 0.0892. The zero-order chi connectivity index (χ0) is 29.9. The number of amides is 1. The second kappa shape index (κ2) is 10.6. The maximum Gasteiger partial charge on any atom is 0.412 e. The van der Waals surface area contributed by atoms with E-state index in [9.17, 15) is 10.1 Å². The van der Waals surface area contributed by atoms with Crippen LogP contribution in [0.3, 0.4) is 0 Å². The SMILES string of the molecule is CN(C)[C@H]1CCN(c2ncc3c4c(c(-c5ccc(F)c6sc(NC(=O)OC(C)(C)C)c(C#N)c56)c(Cl)c3n2)COC4)C1. The van der Waals surface area contributed by atoms with E-state index in [1.165, 1.54) is 6.07 Å². The summed E-state index contributed by atoms with van der Waals surface area (Å²) in [6, 6.07) is 5.55. The van der Waals surface area contributed by atoms with Crippen molar-refractivity contribution >= 4 is 61.0 Å². The summed E-state index contributed by atoms with van der Waals surface area (Å²) in [7, 11) is 4.14. The number of carbonyl (C=O) groups excluding carboxylic acids is 1. The predicted octanol–water partition coefficient (Wildman–Crippen LogP) is 6.69. The molecule has 0 bridgehead atoms. The largest absolute Gasteiger partial charge is 0.444 e. The molecular formula is C30H30ClFN6O3S. The van der Waals surface area contributed by atoms with E-state index in [4.69, 9.17) is 26.1 Å². The molecule has 1 amide bonds. The average molecular weight is 609 g/mol. The lowest BCUT2D eigenvalue weighted by Crippen LogP contribution is -2.32. The van der Waals surface area contributed by atoms with Crippen molar-refractivity contribution in [3.63, 3.8) is 0 Å². The molecule has 1 fully saturated rings. The average Bonchev–Trinajstić information content (AvgIpc) is 3.67. The summed E-state index contributed by atoms with van der Waals surface area (Å²) in [5, 5.41) is 14.6. The van der Waals surface area contributed by atoms with Gasteiger partial charge in [-0.25, -0.2) is 19.2 Å². The summed E-state index contributed by atoms with van der Waals surface area (Å²) >= 11 is 8.16. The van der Waals surface area contributed by atoms with Gasteiger partial charge in [0.2, 0.25) is 5.95 Å². The van der Waals surface area contributed by atoms with E-state index in [0.29, 0.717) is 52.3 Å². The van der Waals surface area contributed by atoms with Crippen molar-refractivity contribution in [3.05, 3.63) is 45.9 Å². The molecule has 2 aliphatic rings. The quantitative estimate of drug-likeness (QED) is 0.273. The molecule has 2 aliphatic heterocycles. The van der Waals surface area contributed by atoms with Crippen molar-refractivity contribution in [2.24, 2.45) is 0 Å². The van der Waals surface area contributed by atoms with Crippen molar-refractivity contribution < 1.29 is 18.7 Å². The van der Waals surface area contributed by atoms with Gasteiger partial charge in [-0.15, -0.1) is 11.3 Å². The van der Waals surface area contributed by atoms with Crippen LogP contribution in [-0.4, -0.2) is 59.8 Å². The highest BCUT2D eigenvalue weighted by Crippen LogP contribution is 2.48. The molecule has 2 aromatic carbocycles. The Morgan fingerprint density at radius 3 is 2.76 bits per heavy atom. The number of fused-ring (bicyclic) bond motifs is 4. The van der Waals surface area contributed by atoms with Crippen molar-refractivity contribution in [2.75, 3.05) is 37.4 Å². The monoisotopic (exact) mass is 608 g/mol. The third kappa shape index (κ3) is 4.92. The second-order valence-electron chi connectivity index (χ2n) is 11.8. The highest BCUT2D eigenvalue weighted by Gasteiger charge is 2.31. The van der Waals surface area contributed by atoms with Gasteiger partial charge < -0.3 is 19.3 Å². The highest BCUT2D eigenvalue weighted by atomic mass is 35.5. The summed E-state index contributed by atoms with van der Waals surface area (Å²) in [4.78, 5) is 26.6. The molecule has 218 valence electrons. The molecule has 1 N–H and O–H groups in total. The number of thiophene rings is 1. The Morgan fingerprint density at radius 1 is 1.31 bits per heavy atom. The number of halogens is 2. The van der Waals surface area contributed by atoms with Crippen molar-refractivity contribution in [2.45, 2.75) is 52.0 Å². The summed E-state index contributed by atoms with van der Waals surface area (Å²) in [6.45, 7) is 7.52. The molecule has 42 heavy (non-hydrogen) atoms. The Balaban J connectivity index is 1.53. The Morgan fingerprint density at radius 2 is 2.07 bits per heavy atom. The van der Waals surface area contributed by atoms with Gasteiger partial charge in [-0.1, -0.05) is 17.7 Å². The van der Waals surface area contributed by atoms with Crippen LogP contribution in [0.15, 0.2) is 18.3 Å². The van der Waals surface area contributed by atoms with Crippen LogP contribution >= 0.6 is 22.9 Å². The summed E-state index contributed by atoms with van der Waals surface area (Å²) in [6.07, 6.45) is 2.08. The lowest BCUT2D eigenvalue weighted by atomic mass is 9.91. The van der Waals surface area contributed by atoms with Crippen LogP contribution in [-0.2, 0) is 22.7 Å². The molecule has 0 aliphatic carbocycles. The lowest BCUT2D eigenvalue weighted by Gasteiger charge is -2.21. The first-order valence-electron chi connectivity index (χ1n) is 13.6. The number of hydrogen-bond donors (Lipinski definition) is 1. The standard InChI is InChI=1S/C30H30ClFN6O3S/c1-30(2,3)41-29(39)36-27-17(10-33)23-16(6-7-21(32)26(23)42-27)22-20-14-40-13-19(20)18-11-34-28(35-25(18)24(22)31)38-9-8-15(12-38)37(4)5/h6-7,11,15H,8-9,12-14H2,1-5H3,(H,36,39)/t15-/m0/s1. The van der Waals surface area contributed by atoms with Gasteiger partial charge in [-0.3, -0.25) is 5.32 Å². The molecule has 1 atom stereocenters. The first-order valence-corrected chi connectivity index (χ1v) is 14.8. The molecule has 12 heteroatoms. The third-order valence-electron chi connectivity index (χ3n) is 7.65. The number of nitriles is 1. The smallest absolute Gasteiger partial charge is 0.412 e. The Bertz CT molecular complexity index is 1790. The maximum absolute atomic E-state index is 15.2. The molecule has 0 radical (unpaired) electrons. The van der Waals surface area contributed by atoms with Gasteiger partial charge in [0.15, 0.2) is 0 Å². The highest BCUT2D eigenvalue weighted by molar-refractivity contribution is 7.23. The number of rotatable bonds is 4. The fraction of sp³-hybridized carbons (Fsp3) is 0.400. The Labute approximate surface area is 251 Å². The number of carbonyl (C=O) groups is 1. The van der Waals surface area contributed by atoms with Gasteiger partial charge in [-0.05, 0) is 64.0 Å². The number of aromatic nitrogens is 2. The van der Waals surface area contributed by atoms with Gasteiger partial charge in [0.05, 0.1) is 34.0 Å². The van der Waals surface area contributed by atoms with E-state index in [-0.39, 0.29) is 15.3 Å². The van der Waals surface area contributed by atoms with Gasteiger partial charge >= 0.3 is 6.09 Å². The minimum Gasteiger partial charge on any atom is -0.444 e. The van der Waals surface area contributed by atoms with Crippen LogP contribution < -0.4 is 10.2 Å². The van der Waals surface area contributed by atoms with Crippen molar-refractivity contribution in [1.29, 1.82) is 5.26 Å². The molecule has 0 saturated carbocycles. The molecule has 6 rings (SSSR count). The van der Waals surface area contributed by atoms with Crippen LogP contribution in [0, 0.1) is 17.1 Å². The molecule has 2 aromatic heterocycles. The minimum absolute atomic E-state index is 0.134. The molecule has 0 unspecified atom stereocenters. The first-order chi connectivity index (χ1) is 20.0. The van der Waals surface area contributed by atoms with E-state index in [2.05, 4.69) is 40.3 Å². The summed E-state index contributed by atoms with van der Waals surface area (Å²) < 4.78 is 26.7. The van der Waals surface area contributed by atoms with E-state index < -0.39 is 17.5 Å². The fourth-order valence-corrected chi connectivity index (χ4v) is 7.08. The number of anilines is 2. The van der Waals surface area contributed by atoms with Gasteiger partial charge in [-0.2, -0.15) is 5.26 Å². The zero-order valence-corrected chi connectivity index (χ0v) is 25.5. The Kier molecular flexibility index (Phi) is 7.22. The van der Waals surface area contributed by atoms with Crippen LogP contribution in [0.1, 0.15) is 43.9 Å². The van der Waals surface area contributed by atoms with E-state index in [1.807, 2.05) is 0 Å². The number of nitrogens with zero attached hydrogens (tertiary/aromatic N) is 5. The first kappa shape index (κ1) is 28.6.